The Labute approximate surface area is 194 Å². The molecule has 0 radical (unpaired) electrons. The quantitative estimate of drug-likeness (QED) is 0.506. The van der Waals surface area contributed by atoms with Crippen molar-refractivity contribution in [1.82, 2.24) is 14.8 Å². The number of aliphatic imine (C=N–C) groups is 1. The summed E-state index contributed by atoms with van der Waals surface area (Å²) < 4.78 is 38.6. The maximum Gasteiger partial charge on any atom is 0.162 e. The fraction of sp³-hybridized carbons (Fsp3) is 0.458. The summed E-state index contributed by atoms with van der Waals surface area (Å²) >= 11 is 1.60. The van der Waals surface area contributed by atoms with Crippen molar-refractivity contribution in [3.8, 4) is 5.00 Å². The van der Waals surface area contributed by atoms with Crippen molar-refractivity contribution in [1.29, 1.82) is 0 Å². The predicted molar refractivity (Wildman–Crippen MR) is 124 cm³/mol. The van der Waals surface area contributed by atoms with Gasteiger partial charge >= 0.3 is 0 Å². The van der Waals surface area contributed by atoms with Gasteiger partial charge in [-0.25, -0.2) is 8.78 Å². The molecule has 2 fully saturated rings. The Hall–Kier alpha value is -2.65. The Morgan fingerprint density at radius 3 is 2.52 bits per heavy atom. The van der Waals surface area contributed by atoms with Crippen molar-refractivity contribution in [2.24, 2.45) is 4.99 Å². The molecule has 6 nitrogen and oxygen atoms in total. The summed E-state index contributed by atoms with van der Waals surface area (Å²) in [5.74, 6) is 0.552. The van der Waals surface area contributed by atoms with Gasteiger partial charge in [-0.2, -0.15) is 0 Å². The first-order valence-corrected chi connectivity index (χ1v) is 12.1. The van der Waals surface area contributed by atoms with Crippen molar-refractivity contribution < 1.29 is 13.5 Å². The molecule has 1 spiro atoms. The van der Waals surface area contributed by atoms with Gasteiger partial charge in [0.2, 0.25) is 0 Å². The number of thiophene rings is 1. The van der Waals surface area contributed by atoms with Gasteiger partial charge < -0.3 is 9.64 Å². The monoisotopic (exact) mass is 469 g/mol. The SMILES string of the molecule is Cc1sc2c(c1C)C(c1cc(F)c(N3CCC4(CC3)CO4)cc1F)=N[C@@H](C)c1nnc(C)n1-2. The number of ether oxygens (including phenoxy) is 1. The lowest BCUT2D eigenvalue weighted by atomic mass is 9.96. The van der Waals surface area contributed by atoms with E-state index in [1.807, 2.05) is 37.2 Å². The van der Waals surface area contributed by atoms with Crippen LogP contribution in [0, 0.1) is 32.4 Å². The Bertz CT molecular complexity index is 1310. The van der Waals surface area contributed by atoms with Crippen molar-refractivity contribution in [3.63, 3.8) is 0 Å². The molecule has 0 amide bonds. The maximum absolute atomic E-state index is 15.6. The van der Waals surface area contributed by atoms with Gasteiger partial charge in [0.15, 0.2) is 5.82 Å². The van der Waals surface area contributed by atoms with Crippen molar-refractivity contribution >= 4 is 22.7 Å². The third kappa shape index (κ3) is 3.16. The zero-order valence-electron chi connectivity index (χ0n) is 19.1. The van der Waals surface area contributed by atoms with Crippen molar-refractivity contribution in [2.75, 3.05) is 24.6 Å². The molecule has 1 aromatic carbocycles. The highest BCUT2D eigenvalue weighted by Crippen LogP contribution is 2.41. The third-order valence-electron chi connectivity index (χ3n) is 7.21. The highest BCUT2D eigenvalue weighted by atomic mass is 32.1. The molecule has 3 aliphatic heterocycles. The van der Waals surface area contributed by atoms with Crippen molar-refractivity contribution in [2.45, 2.75) is 52.2 Å². The summed E-state index contributed by atoms with van der Waals surface area (Å²) in [7, 11) is 0. The Balaban J connectivity index is 1.46. The summed E-state index contributed by atoms with van der Waals surface area (Å²) in [5, 5.41) is 9.46. The number of nitrogens with zero attached hydrogens (tertiary/aromatic N) is 5. The summed E-state index contributed by atoms with van der Waals surface area (Å²) in [6, 6.07) is 2.29. The van der Waals surface area contributed by atoms with E-state index in [4.69, 9.17) is 9.73 Å². The van der Waals surface area contributed by atoms with Gasteiger partial charge in [-0.1, -0.05) is 0 Å². The van der Waals surface area contributed by atoms with Gasteiger partial charge in [-0.3, -0.25) is 9.56 Å². The molecule has 3 aromatic rings. The summed E-state index contributed by atoms with van der Waals surface area (Å²) in [5.41, 5.74) is 2.77. The highest BCUT2D eigenvalue weighted by molar-refractivity contribution is 7.15. The second-order valence-corrected chi connectivity index (χ2v) is 10.5. The minimum absolute atomic E-state index is 0.0149. The van der Waals surface area contributed by atoms with E-state index >= 15 is 8.78 Å². The van der Waals surface area contributed by atoms with Crippen LogP contribution in [0.5, 0.6) is 0 Å². The first-order valence-electron chi connectivity index (χ1n) is 11.3. The number of benzene rings is 1. The maximum atomic E-state index is 15.6. The van der Waals surface area contributed by atoms with Gasteiger partial charge in [0.25, 0.3) is 0 Å². The fourth-order valence-corrected chi connectivity index (χ4v) is 6.19. The molecule has 0 unspecified atom stereocenters. The number of epoxide rings is 1. The number of aryl methyl sites for hydroxylation is 2. The van der Waals surface area contributed by atoms with Crippen LogP contribution in [0.1, 0.15) is 59.0 Å². The van der Waals surface area contributed by atoms with E-state index < -0.39 is 11.6 Å². The van der Waals surface area contributed by atoms with Gasteiger partial charge in [-0.15, -0.1) is 21.5 Å². The van der Waals surface area contributed by atoms with E-state index in [2.05, 4.69) is 10.2 Å². The van der Waals surface area contributed by atoms with Gasteiger partial charge in [0, 0.05) is 35.2 Å². The van der Waals surface area contributed by atoms with Crippen LogP contribution in [0.25, 0.3) is 5.00 Å². The van der Waals surface area contributed by atoms with E-state index in [-0.39, 0.29) is 17.2 Å². The molecule has 0 bridgehead atoms. The molecule has 33 heavy (non-hydrogen) atoms. The number of fused-ring (bicyclic) bond motifs is 3. The first-order chi connectivity index (χ1) is 15.8. The number of hydrogen-bond donors (Lipinski definition) is 0. The van der Waals surface area contributed by atoms with Crippen LogP contribution in [0.15, 0.2) is 17.1 Å². The van der Waals surface area contributed by atoms with E-state index in [0.717, 1.165) is 46.3 Å². The zero-order valence-corrected chi connectivity index (χ0v) is 19.9. The minimum Gasteiger partial charge on any atom is -0.369 e. The topological polar surface area (TPSA) is 58.8 Å². The third-order valence-corrected chi connectivity index (χ3v) is 8.40. The van der Waals surface area contributed by atoms with Crippen molar-refractivity contribution in [3.05, 3.63) is 57.0 Å². The fourth-order valence-electron chi connectivity index (χ4n) is 4.97. The van der Waals surface area contributed by atoms with Crippen LogP contribution in [0.2, 0.25) is 0 Å². The molecule has 5 heterocycles. The standard InChI is InChI=1S/C24H25F2N5OS/c1-12-14(3)33-23-20(12)21(27-13(2)22-29-28-15(4)31(22)23)16-9-18(26)19(10-17(16)25)30-7-5-24(6-8-30)11-32-24/h9-10,13H,5-8,11H2,1-4H3/t13-/m0/s1. The molecule has 0 N–H and O–H groups in total. The van der Waals surface area contributed by atoms with Crippen LogP contribution in [0.4, 0.5) is 14.5 Å². The predicted octanol–water partition coefficient (Wildman–Crippen LogP) is 4.81. The number of aromatic nitrogens is 3. The molecule has 6 rings (SSSR count). The summed E-state index contributed by atoms with van der Waals surface area (Å²) in [6.45, 7) is 9.94. The lowest BCUT2D eigenvalue weighted by molar-refractivity contribution is 0.258. The zero-order chi connectivity index (χ0) is 23.1. The second kappa shape index (κ2) is 7.17. The Morgan fingerprint density at radius 1 is 1.09 bits per heavy atom. The smallest absolute Gasteiger partial charge is 0.162 e. The average Bonchev–Trinajstić information content (AvgIpc) is 3.36. The van der Waals surface area contributed by atoms with E-state index in [0.29, 0.717) is 30.3 Å². The van der Waals surface area contributed by atoms with Gasteiger partial charge in [-0.05, 0) is 52.2 Å². The number of rotatable bonds is 2. The van der Waals surface area contributed by atoms with Crippen LogP contribution >= 0.6 is 11.3 Å². The van der Waals surface area contributed by atoms with Crippen LogP contribution in [0.3, 0.4) is 0 Å². The van der Waals surface area contributed by atoms with E-state index in [1.54, 1.807) is 11.3 Å². The number of piperidine rings is 1. The molecule has 2 saturated heterocycles. The molecule has 0 saturated carbocycles. The Kier molecular flexibility index (Phi) is 4.55. The highest BCUT2D eigenvalue weighted by Gasteiger charge is 2.47. The van der Waals surface area contributed by atoms with E-state index in [9.17, 15) is 0 Å². The molecular weight excluding hydrogens is 444 g/mol. The largest absolute Gasteiger partial charge is 0.369 e. The molecule has 0 aliphatic carbocycles. The molecule has 2 aromatic heterocycles. The Morgan fingerprint density at radius 2 is 1.82 bits per heavy atom. The van der Waals surface area contributed by atoms with Crippen LogP contribution < -0.4 is 4.90 Å². The molecular formula is C24H25F2N5OS. The number of halogens is 2. The lowest BCUT2D eigenvalue weighted by Crippen LogP contribution is -2.38. The summed E-state index contributed by atoms with van der Waals surface area (Å²) in [4.78, 5) is 7.87. The first kappa shape index (κ1) is 20.9. The molecule has 9 heteroatoms. The number of hydrogen-bond acceptors (Lipinski definition) is 6. The molecule has 3 aliphatic rings. The lowest BCUT2D eigenvalue weighted by Gasteiger charge is -2.32. The average molecular weight is 470 g/mol. The van der Waals surface area contributed by atoms with Crippen LogP contribution in [-0.4, -0.2) is 45.8 Å². The summed E-state index contributed by atoms with van der Waals surface area (Å²) in [6.07, 6.45) is 1.69. The normalized spacial score (nSPS) is 21.0. The van der Waals surface area contributed by atoms with Gasteiger partial charge in [0.1, 0.15) is 28.5 Å². The van der Waals surface area contributed by atoms with Gasteiger partial charge in [0.05, 0.1) is 23.6 Å². The minimum atomic E-state index is -0.469. The molecule has 172 valence electrons. The number of anilines is 1. The second-order valence-electron chi connectivity index (χ2n) is 9.30. The van der Waals surface area contributed by atoms with E-state index in [1.165, 1.54) is 12.1 Å². The van der Waals surface area contributed by atoms with Crippen LogP contribution in [-0.2, 0) is 4.74 Å². The molecule has 1 atom stereocenters.